The number of hydrogen-bond acceptors (Lipinski definition) is 7. The SMILES string of the molecule is CCC(=O)O[C@H]1CC[C@H]2[C@@H]3CC=C4c5sc(NN6CCN(CC)CC6)nc5CC[C@]4(C)[C@H]3CC[C@]12C. The number of hydrogen-bond donors (Lipinski definition) is 1. The van der Waals surface area contributed by atoms with Crippen molar-refractivity contribution < 1.29 is 9.53 Å². The van der Waals surface area contributed by atoms with E-state index in [0.29, 0.717) is 18.3 Å². The van der Waals surface area contributed by atoms with E-state index in [-0.39, 0.29) is 22.9 Å². The Hall–Kier alpha value is -1.44. The number of aryl methyl sites for hydroxylation is 1. The molecule has 7 heteroatoms. The zero-order valence-electron chi connectivity index (χ0n) is 22.6. The number of thiazole rings is 1. The van der Waals surface area contributed by atoms with Gasteiger partial charge < -0.3 is 9.64 Å². The van der Waals surface area contributed by atoms with Crippen molar-refractivity contribution in [3.05, 3.63) is 16.6 Å². The molecule has 6 rings (SSSR count). The van der Waals surface area contributed by atoms with Gasteiger partial charge in [-0.05, 0) is 80.2 Å². The average Bonchev–Trinajstić information content (AvgIpc) is 3.44. The number of ether oxygens (including phenoxy) is 1. The van der Waals surface area contributed by atoms with Crippen molar-refractivity contribution in [2.75, 3.05) is 38.1 Å². The van der Waals surface area contributed by atoms with Crippen LogP contribution in [-0.2, 0) is 16.0 Å². The molecule has 0 unspecified atom stereocenters. The minimum absolute atomic E-state index is 0.0246. The van der Waals surface area contributed by atoms with Crippen LogP contribution < -0.4 is 5.43 Å². The molecular weight excluding hydrogens is 468 g/mol. The number of rotatable bonds is 5. The molecule has 198 valence electrons. The largest absolute Gasteiger partial charge is 0.462 e. The fraction of sp³-hybridized carbons (Fsp3) is 0.793. The molecule has 1 aliphatic heterocycles. The molecule has 2 saturated carbocycles. The van der Waals surface area contributed by atoms with E-state index in [4.69, 9.17) is 9.72 Å². The number of nitrogens with zero attached hydrogens (tertiary/aromatic N) is 3. The Morgan fingerprint density at radius 3 is 2.69 bits per heavy atom. The molecule has 4 aliphatic carbocycles. The molecule has 2 heterocycles. The maximum absolute atomic E-state index is 12.1. The third-order valence-electron chi connectivity index (χ3n) is 10.8. The highest BCUT2D eigenvalue weighted by molar-refractivity contribution is 7.16. The van der Waals surface area contributed by atoms with Gasteiger partial charge in [0, 0.05) is 38.0 Å². The summed E-state index contributed by atoms with van der Waals surface area (Å²) in [6.07, 6.45) is 11.4. The molecule has 0 amide bonds. The van der Waals surface area contributed by atoms with Crippen molar-refractivity contribution >= 4 is 28.0 Å². The van der Waals surface area contributed by atoms with E-state index >= 15 is 0 Å². The molecule has 0 radical (unpaired) electrons. The van der Waals surface area contributed by atoms with Crippen LogP contribution in [0.5, 0.6) is 0 Å². The molecule has 6 atom stereocenters. The van der Waals surface area contributed by atoms with Gasteiger partial charge in [-0.2, -0.15) is 0 Å². The van der Waals surface area contributed by atoms with Crippen LogP contribution in [0.25, 0.3) is 5.57 Å². The van der Waals surface area contributed by atoms with Crippen LogP contribution in [0.4, 0.5) is 5.13 Å². The number of fused-ring (bicyclic) bond motifs is 7. The van der Waals surface area contributed by atoms with Gasteiger partial charge in [-0.15, -0.1) is 0 Å². The highest BCUT2D eigenvalue weighted by Gasteiger charge is 2.60. The number of piperazine rings is 1. The summed E-state index contributed by atoms with van der Waals surface area (Å²) in [7, 11) is 0. The molecule has 1 saturated heterocycles. The summed E-state index contributed by atoms with van der Waals surface area (Å²) in [6, 6.07) is 0. The number of allylic oxidation sites excluding steroid dienone is 2. The second-order valence-electron chi connectivity index (χ2n) is 12.4. The number of hydrazine groups is 1. The van der Waals surface area contributed by atoms with Gasteiger partial charge in [0.15, 0.2) is 5.13 Å². The highest BCUT2D eigenvalue weighted by atomic mass is 32.1. The van der Waals surface area contributed by atoms with Gasteiger partial charge in [0.05, 0.1) is 10.6 Å². The van der Waals surface area contributed by atoms with Gasteiger partial charge in [0.25, 0.3) is 0 Å². The minimum atomic E-state index is -0.0246. The molecule has 36 heavy (non-hydrogen) atoms. The van der Waals surface area contributed by atoms with E-state index in [1.807, 2.05) is 18.3 Å². The smallest absolute Gasteiger partial charge is 0.305 e. The van der Waals surface area contributed by atoms with Crippen molar-refractivity contribution in [1.82, 2.24) is 14.9 Å². The summed E-state index contributed by atoms with van der Waals surface area (Å²) in [5, 5.41) is 3.43. The summed E-state index contributed by atoms with van der Waals surface area (Å²) in [5.74, 6) is 2.08. The van der Waals surface area contributed by atoms with Crippen molar-refractivity contribution in [3.8, 4) is 0 Å². The maximum atomic E-state index is 12.1. The lowest BCUT2D eigenvalue weighted by molar-refractivity contribution is -0.158. The molecule has 6 nitrogen and oxygen atoms in total. The first kappa shape index (κ1) is 24.9. The third-order valence-corrected chi connectivity index (χ3v) is 11.9. The zero-order chi connectivity index (χ0) is 25.1. The van der Waals surface area contributed by atoms with Crippen molar-refractivity contribution in [1.29, 1.82) is 0 Å². The highest BCUT2D eigenvalue weighted by Crippen LogP contribution is 2.66. The Balaban J connectivity index is 1.21. The molecule has 1 aromatic heterocycles. The van der Waals surface area contributed by atoms with Gasteiger partial charge in [-0.3, -0.25) is 10.2 Å². The average molecular weight is 513 g/mol. The van der Waals surface area contributed by atoms with E-state index < -0.39 is 0 Å². The summed E-state index contributed by atoms with van der Waals surface area (Å²) in [4.78, 5) is 21.2. The number of likely N-dealkylation sites (N-methyl/N-ethyl adjacent to an activating group) is 1. The summed E-state index contributed by atoms with van der Waals surface area (Å²) in [5.41, 5.74) is 6.94. The van der Waals surface area contributed by atoms with Gasteiger partial charge in [-0.25, -0.2) is 9.99 Å². The normalized spacial score (nSPS) is 38.4. The quantitative estimate of drug-likeness (QED) is 0.518. The lowest BCUT2D eigenvalue weighted by Crippen LogP contribution is -2.50. The predicted molar refractivity (Wildman–Crippen MR) is 146 cm³/mol. The first-order valence-electron chi connectivity index (χ1n) is 14.5. The van der Waals surface area contributed by atoms with Crippen molar-refractivity contribution in [2.45, 2.75) is 85.2 Å². The van der Waals surface area contributed by atoms with Crippen LogP contribution in [0.1, 0.15) is 83.2 Å². The first-order chi connectivity index (χ1) is 17.4. The Bertz CT molecular complexity index is 1030. The maximum Gasteiger partial charge on any atom is 0.305 e. The lowest BCUT2D eigenvalue weighted by atomic mass is 9.48. The van der Waals surface area contributed by atoms with Crippen molar-refractivity contribution in [2.24, 2.45) is 28.6 Å². The monoisotopic (exact) mass is 512 g/mol. The standard InChI is InChI=1S/C29H44N4O2S/c1-5-25(34)35-24-10-9-20-19-7-8-22-26-23(12-14-28(22,3)21(19)11-13-29(20,24)4)30-27(36-26)31-33-17-15-32(6-2)16-18-33/h8,19-21,24H,5-7,9-18H2,1-4H3,(H,30,31)/t19-,20-,21-,24-,28+,29-/m0/s1. The number of anilines is 1. The van der Waals surface area contributed by atoms with Crippen LogP contribution in [0.3, 0.4) is 0 Å². The second kappa shape index (κ2) is 9.39. The Morgan fingerprint density at radius 2 is 1.94 bits per heavy atom. The molecule has 3 fully saturated rings. The van der Waals surface area contributed by atoms with E-state index in [0.717, 1.165) is 56.6 Å². The first-order valence-corrected chi connectivity index (χ1v) is 15.3. The van der Waals surface area contributed by atoms with E-state index in [1.54, 1.807) is 5.57 Å². The van der Waals surface area contributed by atoms with Gasteiger partial charge >= 0.3 is 5.97 Å². The van der Waals surface area contributed by atoms with Crippen LogP contribution in [0.15, 0.2) is 6.08 Å². The van der Waals surface area contributed by atoms with E-state index in [9.17, 15) is 4.79 Å². The fourth-order valence-corrected chi connectivity index (χ4v) is 9.84. The molecule has 1 N–H and O–H groups in total. The summed E-state index contributed by atoms with van der Waals surface area (Å²) in [6.45, 7) is 14.6. The number of nitrogens with one attached hydrogen (secondary N) is 1. The molecular formula is C29H44N4O2S. The molecule has 1 aromatic rings. The topological polar surface area (TPSA) is 57.7 Å². The lowest BCUT2D eigenvalue weighted by Gasteiger charge is -2.56. The molecule has 0 spiro atoms. The summed E-state index contributed by atoms with van der Waals surface area (Å²) < 4.78 is 5.99. The summed E-state index contributed by atoms with van der Waals surface area (Å²) >= 11 is 1.88. The Morgan fingerprint density at radius 1 is 1.14 bits per heavy atom. The van der Waals surface area contributed by atoms with E-state index in [2.05, 4.69) is 42.2 Å². The van der Waals surface area contributed by atoms with Crippen molar-refractivity contribution in [3.63, 3.8) is 0 Å². The molecule has 5 aliphatic rings. The zero-order valence-corrected chi connectivity index (χ0v) is 23.5. The van der Waals surface area contributed by atoms with Gasteiger partial charge in [0.1, 0.15) is 6.10 Å². The molecule has 0 aromatic carbocycles. The van der Waals surface area contributed by atoms with Crippen LogP contribution >= 0.6 is 11.3 Å². The number of carbonyl (C=O) groups excluding carboxylic acids is 1. The molecule has 0 bridgehead atoms. The van der Waals surface area contributed by atoms with Crippen LogP contribution in [0.2, 0.25) is 0 Å². The Kier molecular flexibility index (Phi) is 6.49. The van der Waals surface area contributed by atoms with Crippen LogP contribution in [-0.4, -0.2) is 59.7 Å². The predicted octanol–water partition coefficient (Wildman–Crippen LogP) is 5.61. The fourth-order valence-electron chi connectivity index (χ4n) is 8.62. The van der Waals surface area contributed by atoms with E-state index in [1.165, 1.54) is 42.7 Å². The third kappa shape index (κ3) is 3.95. The van der Waals surface area contributed by atoms with Crippen LogP contribution in [0, 0.1) is 28.6 Å². The second-order valence-corrected chi connectivity index (χ2v) is 13.4. The van der Waals surface area contributed by atoms with Gasteiger partial charge in [-0.1, -0.05) is 45.1 Å². The number of aromatic nitrogens is 1. The minimum Gasteiger partial charge on any atom is -0.462 e. The Labute approximate surface area is 220 Å². The number of carbonyl (C=O) groups is 1. The van der Waals surface area contributed by atoms with Gasteiger partial charge in [0.2, 0.25) is 0 Å². The number of esters is 1.